The molecule has 14 heteroatoms. The van der Waals surface area contributed by atoms with E-state index in [1.54, 1.807) is 36.4 Å². The van der Waals surface area contributed by atoms with Gasteiger partial charge in [0.15, 0.2) is 0 Å². The molecule has 0 unspecified atom stereocenters. The smallest absolute Gasteiger partial charge is 0.221 e. The van der Waals surface area contributed by atoms with Crippen LogP contribution in [-0.2, 0) is 22.7 Å². The molecule has 262 valence electrons. The van der Waals surface area contributed by atoms with E-state index in [4.69, 9.17) is 32.7 Å². The number of hydrogen-bond donors (Lipinski definition) is 4. The van der Waals surface area contributed by atoms with Crippen molar-refractivity contribution in [1.82, 2.24) is 31.2 Å². The molecule has 2 aromatic carbocycles. The van der Waals surface area contributed by atoms with Gasteiger partial charge in [-0.1, -0.05) is 59.6 Å². The topological polar surface area (TPSA) is 126 Å². The van der Waals surface area contributed by atoms with E-state index in [2.05, 4.69) is 31.2 Å². The summed E-state index contributed by atoms with van der Waals surface area (Å²) in [6.45, 7) is 1.29. The second kappa shape index (κ2) is 15.7. The summed E-state index contributed by atoms with van der Waals surface area (Å²) in [5.74, 6) is -0.817. The molecule has 0 spiro atoms. The highest BCUT2D eigenvalue weighted by atomic mass is 35.5. The highest BCUT2D eigenvalue weighted by molar-refractivity contribution is 6.39. The van der Waals surface area contributed by atoms with E-state index < -0.39 is 11.6 Å². The molecule has 4 N–H and O–H groups in total. The normalized spacial score (nSPS) is 17.2. The maximum Gasteiger partial charge on any atom is 0.221 e. The van der Waals surface area contributed by atoms with Crippen molar-refractivity contribution in [3.8, 4) is 45.4 Å². The van der Waals surface area contributed by atoms with Crippen LogP contribution in [0.15, 0.2) is 48.5 Å². The van der Waals surface area contributed by atoms with Crippen molar-refractivity contribution >= 4 is 35.0 Å². The summed E-state index contributed by atoms with van der Waals surface area (Å²) in [6, 6.07) is 13.1. The molecule has 0 saturated carbocycles. The van der Waals surface area contributed by atoms with Crippen LogP contribution in [0.4, 0.5) is 8.78 Å². The number of pyridine rings is 2. The molecular weight excluding hydrogens is 689 g/mol. The van der Waals surface area contributed by atoms with Gasteiger partial charge < -0.3 is 30.7 Å². The van der Waals surface area contributed by atoms with E-state index in [0.717, 1.165) is 12.8 Å². The molecule has 10 nitrogen and oxygen atoms in total. The van der Waals surface area contributed by atoms with Gasteiger partial charge >= 0.3 is 0 Å². The van der Waals surface area contributed by atoms with Crippen LogP contribution in [0.5, 0.6) is 11.8 Å². The fraction of sp³-hybridized carbons (Fsp3) is 0.333. The monoisotopic (exact) mass is 724 g/mol. The van der Waals surface area contributed by atoms with Crippen LogP contribution in [0.25, 0.3) is 33.6 Å². The Bertz CT molecular complexity index is 1790. The molecule has 2 amide bonds. The lowest BCUT2D eigenvalue weighted by molar-refractivity contribution is -0.120. The van der Waals surface area contributed by atoms with Crippen molar-refractivity contribution in [3.05, 3.63) is 81.3 Å². The lowest BCUT2D eigenvalue weighted by Gasteiger charge is -2.17. The van der Waals surface area contributed by atoms with E-state index >= 15 is 8.78 Å². The number of rotatable bonds is 13. The average Bonchev–Trinajstić information content (AvgIpc) is 3.72. The molecule has 2 aromatic heterocycles. The van der Waals surface area contributed by atoms with Crippen molar-refractivity contribution < 1.29 is 27.8 Å². The van der Waals surface area contributed by atoms with Crippen molar-refractivity contribution in [1.29, 1.82) is 0 Å². The zero-order valence-corrected chi connectivity index (χ0v) is 29.0. The number of carbonyl (C=O) groups is 2. The van der Waals surface area contributed by atoms with Crippen LogP contribution in [0, 0.1) is 11.6 Å². The minimum atomic E-state index is -0.526. The zero-order chi connectivity index (χ0) is 35.4. The minimum absolute atomic E-state index is 0.00649. The number of hydrogen-bond acceptors (Lipinski definition) is 8. The summed E-state index contributed by atoms with van der Waals surface area (Å²) < 4.78 is 42.0. The highest BCUT2D eigenvalue weighted by Crippen LogP contribution is 2.43. The summed E-state index contributed by atoms with van der Waals surface area (Å²) >= 11 is 13.9. The molecule has 0 radical (unpaired) electrons. The molecule has 2 saturated heterocycles. The molecule has 6 rings (SSSR count). The molecule has 4 heterocycles. The molecule has 2 atom stereocenters. The van der Waals surface area contributed by atoms with Gasteiger partial charge in [-0.05, 0) is 12.8 Å². The predicted molar refractivity (Wildman–Crippen MR) is 187 cm³/mol. The Morgan fingerprint density at radius 2 is 1.12 bits per heavy atom. The molecule has 50 heavy (non-hydrogen) atoms. The first-order valence-corrected chi connectivity index (χ1v) is 17.0. The van der Waals surface area contributed by atoms with Crippen molar-refractivity contribution in [2.75, 3.05) is 27.3 Å². The van der Waals surface area contributed by atoms with Crippen LogP contribution in [0.3, 0.4) is 0 Å². The van der Waals surface area contributed by atoms with Gasteiger partial charge in [-0.25, -0.2) is 18.7 Å². The van der Waals surface area contributed by atoms with Gasteiger partial charge in [0.25, 0.3) is 0 Å². The van der Waals surface area contributed by atoms with E-state index in [1.165, 1.54) is 26.4 Å². The molecule has 2 aliphatic heterocycles. The molecule has 2 aliphatic rings. The lowest BCUT2D eigenvalue weighted by Crippen LogP contribution is -2.35. The van der Waals surface area contributed by atoms with Gasteiger partial charge in [0, 0.05) is 85.5 Å². The molecule has 0 aliphatic carbocycles. The van der Waals surface area contributed by atoms with E-state index in [9.17, 15) is 9.59 Å². The fourth-order valence-corrected chi connectivity index (χ4v) is 6.90. The maximum absolute atomic E-state index is 15.5. The van der Waals surface area contributed by atoms with Crippen molar-refractivity contribution in [3.63, 3.8) is 0 Å². The number of benzene rings is 2. The Labute approximate surface area is 298 Å². The van der Waals surface area contributed by atoms with Gasteiger partial charge in [-0.3, -0.25) is 9.59 Å². The Balaban J connectivity index is 1.24. The van der Waals surface area contributed by atoms with Gasteiger partial charge in [0.05, 0.1) is 46.8 Å². The number of ether oxygens (including phenoxy) is 2. The summed E-state index contributed by atoms with van der Waals surface area (Å²) in [7, 11) is 2.84. The first kappa shape index (κ1) is 35.5. The first-order valence-electron chi connectivity index (χ1n) is 16.2. The summed E-state index contributed by atoms with van der Waals surface area (Å²) in [4.78, 5) is 32.1. The third-order valence-corrected chi connectivity index (χ3v) is 9.66. The highest BCUT2D eigenvalue weighted by Gasteiger charge is 2.24. The number of nitrogens with zero attached hydrogens (tertiary/aromatic N) is 2. The summed E-state index contributed by atoms with van der Waals surface area (Å²) in [6.07, 6.45) is 2.41. The molecule has 4 aromatic rings. The standard InChI is InChI=1S/C36H36Cl2F2N6O4/c1-49-35-25(17-41-15-19-9-11-31(47)43-19)27(39)13-29(45-35)23-7-3-5-21(33(23)37)22-6-4-8-24(34(22)38)30-14-28(40)26(36(46-30)50-2)18-42-16-20-10-12-32(48)44-20/h3-8,13-14,19-20,41-42H,9-12,15-18H2,1-2H3,(H,43,47)(H,44,48)/t19-,20+. The maximum atomic E-state index is 15.5. The molecule has 0 bridgehead atoms. The number of methoxy groups -OCH3 is 2. The Kier molecular flexibility index (Phi) is 11.1. The second-order valence-electron chi connectivity index (χ2n) is 12.2. The first-order chi connectivity index (χ1) is 24.2. The number of nitrogens with one attached hydrogen (secondary N) is 4. The second-order valence-corrected chi connectivity index (χ2v) is 12.9. The quantitative estimate of drug-likeness (QED) is 0.136. The minimum Gasteiger partial charge on any atom is -0.481 e. The number of amides is 2. The number of carbonyl (C=O) groups excluding carboxylic acids is 2. The lowest BCUT2D eigenvalue weighted by atomic mass is 9.98. The summed E-state index contributed by atoms with van der Waals surface area (Å²) in [5, 5.41) is 12.7. The van der Waals surface area contributed by atoms with E-state index in [1.807, 2.05) is 0 Å². The molecule has 2 fully saturated rings. The van der Waals surface area contributed by atoms with Crippen molar-refractivity contribution in [2.24, 2.45) is 0 Å². The number of aromatic nitrogens is 2. The predicted octanol–water partition coefficient (Wildman–Crippen LogP) is 5.82. The average molecular weight is 726 g/mol. The van der Waals surface area contributed by atoms with Crippen LogP contribution in [0.1, 0.15) is 36.8 Å². The Morgan fingerprint density at radius 3 is 1.48 bits per heavy atom. The third-order valence-electron chi connectivity index (χ3n) is 8.84. The van der Waals surface area contributed by atoms with Gasteiger partial charge in [-0.2, -0.15) is 0 Å². The Hall–Kier alpha value is -4.36. The van der Waals surface area contributed by atoms with Crippen molar-refractivity contribution in [2.45, 2.75) is 50.9 Å². The van der Waals surface area contributed by atoms with Crippen LogP contribution in [-0.4, -0.2) is 61.2 Å². The van der Waals surface area contributed by atoms with Gasteiger partial charge in [0.2, 0.25) is 23.6 Å². The van der Waals surface area contributed by atoms with Gasteiger partial charge in [0.1, 0.15) is 11.6 Å². The van der Waals surface area contributed by atoms with Gasteiger partial charge in [-0.15, -0.1) is 0 Å². The van der Waals surface area contributed by atoms with Crippen LogP contribution >= 0.6 is 23.2 Å². The number of halogens is 4. The summed E-state index contributed by atoms with van der Waals surface area (Å²) in [5.41, 5.74) is 3.04. The zero-order valence-electron chi connectivity index (χ0n) is 27.5. The third kappa shape index (κ3) is 7.68. The molecular formula is C36H36Cl2F2N6O4. The fourth-order valence-electron chi connectivity index (χ4n) is 6.25. The van der Waals surface area contributed by atoms with Crippen LogP contribution < -0.4 is 30.7 Å². The SMILES string of the molecule is COc1nc(-c2cccc(-c3cccc(-c4cc(F)c(CNC[C@@H]5CCC(=O)N5)c(OC)n4)c3Cl)c2Cl)cc(F)c1CNC[C@H]1CCC(=O)N1. The largest absolute Gasteiger partial charge is 0.481 e. The van der Waals surface area contributed by atoms with E-state index in [-0.39, 0.29) is 81.3 Å². The Morgan fingerprint density at radius 1 is 0.720 bits per heavy atom. The van der Waals surface area contributed by atoms with E-state index in [0.29, 0.717) is 48.2 Å². The van der Waals surface area contributed by atoms with Crippen LogP contribution in [0.2, 0.25) is 10.0 Å².